The molecule has 1 atom stereocenters. The van der Waals surface area contributed by atoms with Crippen LogP contribution in [0.25, 0.3) is 11.1 Å². The summed E-state index contributed by atoms with van der Waals surface area (Å²) in [5.41, 5.74) is -1.80. The maximum atomic E-state index is 13.9. The molecule has 0 aliphatic heterocycles. The van der Waals surface area contributed by atoms with Crippen LogP contribution in [0.4, 0.5) is 8.78 Å². The Morgan fingerprint density at radius 2 is 1.83 bits per heavy atom. The fraction of sp³-hybridized carbons (Fsp3) is 0.353. The molecule has 1 unspecified atom stereocenters. The minimum absolute atomic E-state index is 0.0564. The molecular formula is C17H20ClF2N2OP. The Labute approximate surface area is 147 Å². The van der Waals surface area contributed by atoms with Gasteiger partial charge in [0.1, 0.15) is 5.69 Å². The molecule has 0 fully saturated rings. The summed E-state index contributed by atoms with van der Waals surface area (Å²) in [5.74, 6) is -0.335. The van der Waals surface area contributed by atoms with Crippen molar-refractivity contribution in [3.63, 3.8) is 0 Å². The lowest BCUT2D eigenvalue weighted by Gasteiger charge is -2.21. The molecule has 1 aromatic heterocycles. The minimum Gasteiger partial charge on any atom is -0.348 e. The van der Waals surface area contributed by atoms with E-state index in [9.17, 15) is 13.6 Å². The van der Waals surface area contributed by atoms with Crippen LogP contribution in [0.15, 0.2) is 24.3 Å². The Balaban J connectivity index is 2.69. The number of carbonyl (C=O) groups is 1. The number of halogens is 3. The molecule has 1 heterocycles. The number of nitrogens with one attached hydrogen (secondary N) is 1. The van der Waals surface area contributed by atoms with Crippen LogP contribution in [0.1, 0.15) is 35.6 Å². The Hall–Kier alpha value is -1.45. The van der Waals surface area contributed by atoms with Gasteiger partial charge in [-0.05, 0) is 44.0 Å². The molecule has 2 rings (SSSR count). The number of H-pyrrole nitrogens is 1. The highest BCUT2D eigenvalue weighted by Crippen LogP contribution is 2.41. The Morgan fingerprint density at radius 3 is 2.29 bits per heavy atom. The molecule has 24 heavy (non-hydrogen) atoms. The summed E-state index contributed by atoms with van der Waals surface area (Å²) in [7, 11) is 3.16. The van der Waals surface area contributed by atoms with Gasteiger partial charge < -0.3 is 9.88 Å². The molecule has 0 aliphatic rings. The second kappa shape index (κ2) is 6.81. The van der Waals surface area contributed by atoms with E-state index in [2.05, 4.69) is 4.98 Å². The molecule has 0 radical (unpaired) electrons. The Morgan fingerprint density at radius 1 is 1.29 bits per heavy atom. The van der Waals surface area contributed by atoms with E-state index in [4.69, 9.17) is 11.6 Å². The van der Waals surface area contributed by atoms with Crippen molar-refractivity contribution in [1.29, 1.82) is 0 Å². The predicted octanol–water partition coefficient (Wildman–Crippen LogP) is 5.05. The smallest absolute Gasteiger partial charge is 0.298 e. The van der Waals surface area contributed by atoms with Gasteiger partial charge in [-0.15, -0.1) is 0 Å². The van der Waals surface area contributed by atoms with Gasteiger partial charge in [-0.3, -0.25) is 4.79 Å². The van der Waals surface area contributed by atoms with Crippen molar-refractivity contribution in [1.82, 2.24) is 9.88 Å². The number of hydrogen-bond donors (Lipinski definition) is 1. The van der Waals surface area contributed by atoms with Crippen molar-refractivity contribution in [3.8, 4) is 11.1 Å². The molecule has 0 spiro atoms. The van der Waals surface area contributed by atoms with Crippen LogP contribution in [-0.4, -0.2) is 28.9 Å². The lowest BCUT2D eigenvalue weighted by molar-refractivity contribution is 0.0747. The minimum atomic E-state index is -3.15. The first-order valence-corrected chi connectivity index (χ1v) is 8.42. The number of alkyl halides is 2. The normalized spacial score (nSPS) is 11.9. The number of amides is 1. The highest BCUT2D eigenvalue weighted by Gasteiger charge is 2.34. The third-order valence-electron chi connectivity index (χ3n) is 4.03. The van der Waals surface area contributed by atoms with Crippen LogP contribution in [-0.2, 0) is 5.66 Å². The van der Waals surface area contributed by atoms with Crippen molar-refractivity contribution in [2.45, 2.75) is 32.5 Å². The summed E-state index contributed by atoms with van der Waals surface area (Å²) in [6, 6.07) is 6.72. The Kier molecular flexibility index (Phi) is 5.36. The molecule has 0 bridgehead atoms. The number of rotatable bonds is 4. The van der Waals surface area contributed by atoms with E-state index in [1.54, 1.807) is 38.2 Å². The third-order valence-corrected chi connectivity index (χ3v) is 4.57. The standard InChI is InChI=1S/C17H20ClF2N2OP/c1-9(2)22(4)16(23)14-13(11-5-7-12(18)8-6-11)10(3)15(21-14)17(19,20)24/h5-9,21H,24H2,1-4H3. The first-order chi connectivity index (χ1) is 11.0. The van der Waals surface area contributed by atoms with E-state index >= 15 is 0 Å². The van der Waals surface area contributed by atoms with Gasteiger partial charge in [-0.25, -0.2) is 0 Å². The maximum Gasteiger partial charge on any atom is 0.298 e. The molecule has 0 saturated heterocycles. The fourth-order valence-corrected chi connectivity index (χ4v) is 2.89. The fourth-order valence-electron chi connectivity index (χ4n) is 2.48. The van der Waals surface area contributed by atoms with Crippen LogP contribution in [0.5, 0.6) is 0 Å². The second-order valence-corrected chi connectivity index (χ2v) is 7.18. The summed E-state index contributed by atoms with van der Waals surface area (Å²) in [4.78, 5) is 16.9. The number of hydrogen-bond acceptors (Lipinski definition) is 1. The zero-order chi connectivity index (χ0) is 18.2. The average Bonchev–Trinajstić information content (AvgIpc) is 2.84. The monoisotopic (exact) mass is 372 g/mol. The van der Waals surface area contributed by atoms with Crippen molar-refractivity contribution < 1.29 is 13.6 Å². The van der Waals surface area contributed by atoms with Gasteiger partial charge in [0.2, 0.25) is 0 Å². The largest absolute Gasteiger partial charge is 0.348 e. The SMILES string of the molecule is Cc1c(C(F)(F)P)[nH]c(C(=O)N(C)C(C)C)c1-c1ccc(Cl)cc1. The van der Waals surface area contributed by atoms with Gasteiger partial charge in [-0.2, -0.15) is 8.78 Å². The summed E-state index contributed by atoms with van der Waals surface area (Å²) < 4.78 is 27.8. The zero-order valence-corrected chi connectivity index (χ0v) is 15.9. The van der Waals surface area contributed by atoms with Crippen molar-refractivity contribution >= 4 is 26.7 Å². The highest BCUT2D eigenvalue weighted by atomic mass is 35.5. The molecule has 130 valence electrons. The van der Waals surface area contributed by atoms with Gasteiger partial charge in [0.25, 0.3) is 11.6 Å². The van der Waals surface area contributed by atoms with Gasteiger partial charge in [0.05, 0.1) is 5.69 Å². The van der Waals surface area contributed by atoms with Gasteiger partial charge >= 0.3 is 0 Å². The molecule has 0 aliphatic carbocycles. The molecule has 3 nitrogen and oxygen atoms in total. The van der Waals surface area contributed by atoms with Gasteiger partial charge in [0, 0.05) is 23.7 Å². The number of benzene rings is 1. The molecule has 0 saturated carbocycles. The van der Waals surface area contributed by atoms with E-state index in [1.165, 1.54) is 14.1 Å². The third kappa shape index (κ3) is 3.62. The first-order valence-electron chi connectivity index (χ1n) is 7.46. The topological polar surface area (TPSA) is 36.1 Å². The van der Waals surface area contributed by atoms with Crippen molar-refractivity contribution in [3.05, 3.63) is 46.2 Å². The molecule has 2 aromatic rings. The summed E-state index contributed by atoms with van der Waals surface area (Å²) in [6.07, 6.45) is 0. The second-order valence-electron chi connectivity index (χ2n) is 6.01. The summed E-state index contributed by atoms with van der Waals surface area (Å²) in [5, 5.41) is 0.538. The van der Waals surface area contributed by atoms with Gasteiger partial charge in [0.15, 0.2) is 0 Å². The van der Waals surface area contributed by atoms with E-state index in [0.29, 0.717) is 21.7 Å². The van der Waals surface area contributed by atoms with E-state index in [-0.39, 0.29) is 23.3 Å². The molecular weight excluding hydrogens is 353 g/mol. The molecule has 1 aromatic carbocycles. The van der Waals surface area contributed by atoms with Crippen LogP contribution >= 0.6 is 20.8 Å². The average molecular weight is 373 g/mol. The van der Waals surface area contributed by atoms with Gasteiger partial charge in [-0.1, -0.05) is 33.0 Å². The van der Waals surface area contributed by atoms with Crippen molar-refractivity contribution in [2.24, 2.45) is 0 Å². The highest BCUT2D eigenvalue weighted by molar-refractivity contribution is 7.17. The number of nitrogens with zero attached hydrogens (tertiary/aromatic N) is 1. The molecule has 1 N–H and O–H groups in total. The number of aromatic nitrogens is 1. The number of carbonyl (C=O) groups excluding carboxylic acids is 1. The van der Waals surface area contributed by atoms with E-state index < -0.39 is 5.66 Å². The summed E-state index contributed by atoms with van der Waals surface area (Å²) in [6.45, 7) is 5.31. The van der Waals surface area contributed by atoms with Crippen LogP contribution in [0.2, 0.25) is 5.02 Å². The van der Waals surface area contributed by atoms with Crippen LogP contribution in [0, 0.1) is 6.92 Å². The quantitative estimate of drug-likeness (QED) is 0.749. The lowest BCUT2D eigenvalue weighted by Crippen LogP contribution is -2.33. The van der Waals surface area contributed by atoms with Crippen LogP contribution < -0.4 is 0 Å². The lowest BCUT2D eigenvalue weighted by atomic mass is 10.00. The first kappa shape index (κ1) is 18.9. The zero-order valence-electron chi connectivity index (χ0n) is 14.0. The van der Waals surface area contributed by atoms with Crippen molar-refractivity contribution in [2.75, 3.05) is 7.05 Å². The Bertz CT molecular complexity index is 751. The molecule has 7 heteroatoms. The predicted molar refractivity (Wildman–Crippen MR) is 96.8 cm³/mol. The van der Waals surface area contributed by atoms with E-state index in [0.717, 1.165) is 0 Å². The maximum absolute atomic E-state index is 13.9. The number of aromatic amines is 1. The molecule has 1 amide bonds. The van der Waals surface area contributed by atoms with Crippen LogP contribution in [0.3, 0.4) is 0 Å². The summed E-state index contributed by atoms with van der Waals surface area (Å²) >= 11 is 5.90. The van der Waals surface area contributed by atoms with E-state index in [1.807, 2.05) is 13.8 Å².